The van der Waals surface area contributed by atoms with Crippen LogP contribution in [0.5, 0.6) is 17.2 Å². The van der Waals surface area contributed by atoms with E-state index < -0.39 is 0 Å². The summed E-state index contributed by atoms with van der Waals surface area (Å²) >= 11 is 0. The molecule has 0 spiro atoms. The van der Waals surface area contributed by atoms with Gasteiger partial charge >= 0.3 is 0 Å². The monoisotopic (exact) mass is 238 g/mol. The predicted molar refractivity (Wildman–Crippen MR) is 69.3 cm³/mol. The molecule has 0 aliphatic rings. The first-order chi connectivity index (χ1) is 8.26. The van der Waals surface area contributed by atoms with Crippen molar-refractivity contribution in [3.63, 3.8) is 0 Å². The lowest BCUT2D eigenvalue weighted by Gasteiger charge is -2.14. The molecule has 0 heterocycles. The van der Waals surface area contributed by atoms with Gasteiger partial charge in [0.15, 0.2) is 11.5 Å². The minimum absolute atomic E-state index is 0.719. The summed E-state index contributed by atoms with van der Waals surface area (Å²) in [6, 6.07) is 3.90. The summed E-state index contributed by atoms with van der Waals surface area (Å²) in [5, 5.41) is 0. The van der Waals surface area contributed by atoms with E-state index in [0.717, 1.165) is 48.7 Å². The number of hydrogen-bond donors (Lipinski definition) is 0. The highest BCUT2D eigenvalue weighted by Gasteiger charge is 2.10. The molecule has 0 atom stereocenters. The van der Waals surface area contributed by atoms with E-state index in [-0.39, 0.29) is 0 Å². The molecular formula is C14H22O3. The van der Waals surface area contributed by atoms with E-state index in [9.17, 15) is 0 Å². The highest BCUT2D eigenvalue weighted by atomic mass is 16.5. The molecule has 0 N–H and O–H groups in total. The predicted octanol–water partition coefficient (Wildman–Crippen LogP) is 3.45. The van der Waals surface area contributed by atoms with Crippen molar-refractivity contribution in [3.8, 4) is 17.2 Å². The van der Waals surface area contributed by atoms with Crippen LogP contribution in [0, 0.1) is 0 Å². The summed E-state index contributed by atoms with van der Waals surface area (Å²) in [5.74, 6) is 2.38. The van der Waals surface area contributed by atoms with Crippen LogP contribution in [0.2, 0.25) is 0 Å². The molecule has 3 nitrogen and oxygen atoms in total. The molecule has 0 aliphatic heterocycles. The van der Waals surface area contributed by atoms with E-state index in [0.29, 0.717) is 0 Å². The maximum atomic E-state index is 5.77. The minimum atomic E-state index is 0.719. The Morgan fingerprint density at radius 1 is 0.941 bits per heavy atom. The number of methoxy groups -OCH3 is 2. The van der Waals surface area contributed by atoms with Crippen LogP contribution in [0.15, 0.2) is 12.1 Å². The van der Waals surface area contributed by atoms with Gasteiger partial charge in [0.1, 0.15) is 5.75 Å². The summed E-state index contributed by atoms with van der Waals surface area (Å²) in [4.78, 5) is 0. The first kappa shape index (κ1) is 13.7. The van der Waals surface area contributed by atoms with Crippen molar-refractivity contribution in [2.24, 2.45) is 0 Å². The number of benzene rings is 1. The summed E-state index contributed by atoms with van der Waals surface area (Å²) in [5.41, 5.74) is 1.15. The fourth-order valence-corrected chi connectivity index (χ4v) is 1.64. The third-order valence-corrected chi connectivity index (χ3v) is 2.70. The van der Waals surface area contributed by atoms with Crippen LogP contribution in [-0.2, 0) is 6.42 Å². The molecule has 0 radical (unpaired) electrons. The maximum Gasteiger partial charge on any atom is 0.164 e. The van der Waals surface area contributed by atoms with Gasteiger partial charge in [-0.3, -0.25) is 0 Å². The first-order valence-corrected chi connectivity index (χ1v) is 6.14. The van der Waals surface area contributed by atoms with Crippen molar-refractivity contribution in [1.29, 1.82) is 0 Å². The minimum Gasteiger partial charge on any atom is -0.493 e. The van der Waals surface area contributed by atoms with Gasteiger partial charge in [-0.1, -0.05) is 20.3 Å². The standard InChI is InChI=1S/C14H22O3/c1-5-7-8-17-12-10-14(16-4)13(15-3)9-11(12)6-2/h9-10H,5-8H2,1-4H3. The SMILES string of the molecule is CCCCOc1cc(OC)c(OC)cc1CC. The smallest absolute Gasteiger partial charge is 0.164 e. The number of aryl methyl sites for hydroxylation is 1. The van der Waals surface area contributed by atoms with E-state index in [1.54, 1.807) is 14.2 Å². The largest absolute Gasteiger partial charge is 0.493 e. The van der Waals surface area contributed by atoms with Gasteiger partial charge in [-0.05, 0) is 24.5 Å². The molecule has 0 fully saturated rings. The molecule has 3 heteroatoms. The second-order valence-electron chi connectivity index (χ2n) is 3.87. The van der Waals surface area contributed by atoms with Crippen molar-refractivity contribution in [3.05, 3.63) is 17.7 Å². The zero-order valence-electron chi connectivity index (χ0n) is 11.2. The molecule has 0 bridgehead atoms. The summed E-state index contributed by atoms with van der Waals surface area (Å²) in [7, 11) is 3.29. The topological polar surface area (TPSA) is 27.7 Å². The van der Waals surface area contributed by atoms with Crippen LogP contribution < -0.4 is 14.2 Å². The van der Waals surface area contributed by atoms with Gasteiger partial charge in [-0.2, -0.15) is 0 Å². The lowest BCUT2D eigenvalue weighted by molar-refractivity contribution is 0.300. The fraction of sp³-hybridized carbons (Fsp3) is 0.571. The van der Waals surface area contributed by atoms with Gasteiger partial charge in [0.2, 0.25) is 0 Å². The average molecular weight is 238 g/mol. The quantitative estimate of drug-likeness (QED) is 0.681. The molecular weight excluding hydrogens is 216 g/mol. The molecule has 0 saturated heterocycles. The van der Waals surface area contributed by atoms with Crippen LogP contribution in [-0.4, -0.2) is 20.8 Å². The number of ether oxygens (including phenoxy) is 3. The number of hydrogen-bond acceptors (Lipinski definition) is 3. The third-order valence-electron chi connectivity index (χ3n) is 2.70. The highest BCUT2D eigenvalue weighted by molar-refractivity contribution is 5.50. The van der Waals surface area contributed by atoms with Crippen LogP contribution in [0.3, 0.4) is 0 Å². The van der Waals surface area contributed by atoms with Gasteiger partial charge in [0.25, 0.3) is 0 Å². The lowest BCUT2D eigenvalue weighted by atomic mass is 10.1. The molecule has 96 valence electrons. The summed E-state index contributed by atoms with van der Waals surface area (Å²) in [6.45, 7) is 5.01. The zero-order chi connectivity index (χ0) is 12.7. The Morgan fingerprint density at radius 3 is 2.12 bits per heavy atom. The van der Waals surface area contributed by atoms with Crippen molar-refractivity contribution in [2.45, 2.75) is 33.1 Å². The second-order valence-corrected chi connectivity index (χ2v) is 3.87. The van der Waals surface area contributed by atoms with E-state index in [4.69, 9.17) is 14.2 Å². The molecule has 0 aromatic heterocycles. The van der Waals surface area contributed by atoms with Crippen molar-refractivity contribution in [2.75, 3.05) is 20.8 Å². The van der Waals surface area contributed by atoms with Crippen molar-refractivity contribution < 1.29 is 14.2 Å². The van der Waals surface area contributed by atoms with Crippen molar-refractivity contribution >= 4 is 0 Å². The third kappa shape index (κ3) is 3.55. The fourth-order valence-electron chi connectivity index (χ4n) is 1.64. The summed E-state index contributed by atoms with van der Waals surface area (Å²) in [6.07, 6.45) is 3.12. The molecule has 0 amide bonds. The Morgan fingerprint density at radius 2 is 1.59 bits per heavy atom. The van der Waals surface area contributed by atoms with E-state index in [2.05, 4.69) is 13.8 Å². The van der Waals surface area contributed by atoms with Gasteiger partial charge in [-0.25, -0.2) is 0 Å². The Kier molecular flexibility index (Phi) is 5.67. The highest BCUT2D eigenvalue weighted by Crippen LogP contribution is 2.35. The van der Waals surface area contributed by atoms with Gasteiger partial charge < -0.3 is 14.2 Å². The van der Waals surface area contributed by atoms with Crippen molar-refractivity contribution in [1.82, 2.24) is 0 Å². The van der Waals surface area contributed by atoms with Crippen LogP contribution in [0.25, 0.3) is 0 Å². The maximum absolute atomic E-state index is 5.77. The molecule has 0 unspecified atom stereocenters. The van der Waals surface area contributed by atoms with Gasteiger partial charge in [0.05, 0.1) is 20.8 Å². The molecule has 1 aromatic rings. The van der Waals surface area contributed by atoms with Gasteiger partial charge in [0, 0.05) is 6.07 Å². The van der Waals surface area contributed by atoms with Crippen LogP contribution in [0.4, 0.5) is 0 Å². The van der Waals surface area contributed by atoms with E-state index >= 15 is 0 Å². The molecule has 0 saturated carbocycles. The Hall–Kier alpha value is -1.38. The van der Waals surface area contributed by atoms with E-state index in [1.165, 1.54) is 0 Å². The first-order valence-electron chi connectivity index (χ1n) is 6.14. The second kappa shape index (κ2) is 7.05. The van der Waals surface area contributed by atoms with Gasteiger partial charge in [-0.15, -0.1) is 0 Å². The molecule has 0 aliphatic carbocycles. The van der Waals surface area contributed by atoms with E-state index in [1.807, 2.05) is 12.1 Å². The molecule has 17 heavy (non-hydrogen) atoms. The lowest BCUT2D eigenvalue weighted by Crippen LogP contribution is -2.01. The summed E-state index contributed by atoms with van der Waals surface area (Å²) < 4.78 is 16.3. The molecule has 1 aromatic carbocycles. The number of unbranched alkanes of at least 4 members (excludes halogenated alkanes) is 1. The zero-order valence-corrected chi connectivity index (χ0v) is 11.2. The average Bonchev–Trinajstić information content (AvgIpc) is 2.38. The Bertz CT molecular complexity index is 348. The van der Waals surface area contributed by atoms with Crippen LogP contribution >= 0.6 is 0 Å². The Labute approximate surface area is 104 Å². The Balaban J connectivity index is 2.93. The molecule has 1 rings (SSSR count). The number of rotatable bonds is 7. The van der Waals surface area contributed by atoms with Crippen LogP contribution in [0.1, 0.15) is 32.3 Å². The normalized spacial score (nSPS) is 10.1.